The smallest absolute Gasteiger partial charge is 0.207 e. The highest BCUT2D eigenvalue weighted by molar-refractivity contribution is 7.89. The number of benzene rings is 1. The fourth-order valence-electron chi connectivity index (χ4n) is 1.34. The normalized spacial score (nSPS) is 12.4. The lowest BCUT2D eigenvalue weighted by molar-refractivity contribution is -0.135. The number of hydrogen-bond acceptors (Lipinski definition) is 3. The number of sulfonamides is 1. The van der Waals surface area contributed by atoms with Gasteiger partial charge in [-0.2, -0.15) is 18.4 Å². The Morgan fingerprint density at radius 1 is 1.40 bits per heavy atom. The van der Waals surface area contributed by atoms with Gasteiger partial charge in [-0.05, 0) is 18.2 Å². The quantitative estimate of drug-likeness (QED) is 0.854. The summed E-state index contributed by atoms with van der Waals surface area (Å²) in [5, 5.41) is 8.57. The summed E-state index contributed by atoms with van der Waals surface area (Å²) >= 11 is 5.73. The van der Waals surface area contributed by atoms with Gasteiger partial charge in [-0.25, -0.2) is 12.7 Å². The van der Waals surface area contributed by atoms with Gasteiger partial charge in [0, 0.05) is 13.6 Å². The molecule has 0 saturated heterocycles. The topological polar surface area (TPSA) is 61.2 Å². The number of nitrogens with zero attached hydrogens (tertiary/aromatic N) is 2. The van der Waals surface area contributed by atoms with Gasteiger partial charge in [-0.3, -0.25) is 0 Å². The van der Waals surface area contributed by atoms with Crippen LogP contribution in [0.3, 0.4) is 0 Å². The Bertz CT molecular complexity index is 638. The lowest BCUT2D eigenvalue weighted by Crippen LogP contribution is -2.30. The van der Waals surface area contributed by atoms with Crippen LogP contribution in [0.15, 0.2) is 23.1 Å². The molecule has 0 aliphatic carbocycles. The number of nitriles is 1. The molecule has 0 aromatic heterocycles. The van der Waals surface area contributed by atoms with Crippen molar-refractivity contribution in [3.63, 3.8) is 0 Å². The fourth-order valence-corrected chi connectivity index (χ4v) is 3.01. The van der Waals surface area contributed by atoms with E-state index in [1.54, 1.807) is 6.07 Å². The van der Waals surface area contributed by atoms with Crippen LogP contribution in [-0.4, -0.2) is 32.5 Å². The van der Waals surface area contributed by atoms with Crippen LogP contribution in [0.4, 0.5) is 13.2 Å². The zero-order valence-electron chi connectivity index (χ0n) is 10.3. The van der Waals surface area contributed by atoms with E-state index in [-0.39, 0.29) is 15.5 Å². The summed E-state index contributed by atoms with van der Waals surface area (Å²) in [4.78, 5) is -0.386. The Morgan fingerprint density at radius 2 is 2.00 bits per heavy atom. The molecule has 110 valence electrons. The molecular weight excluding hydrogens is 317 g/mol. The summed E-state index contributed by atoms with van der Waals surface area (Å²) in [7, 11) is -3.15. The Balaban J connectivity index is 3.08. The maximum atomic E-state index is 12.1. The maximum absolute atomic E-state index is 12.1. The molecule has 20 heavy (non-hydrogen) atoms. The highest BCUT2D eigenvalue weighted by Gasteiger charge is 2.31. The average molecular weight is 327 g/mol. The van der Waals surface area contributed by atoms with Crippen LogP contribution in [0, 0.1) is 11.3 Å². The second kappa shape index (κ2) is 5.99. The van der Waals surface area contributed by atoms with Crippen LogP contribution in [-0.2, 0) is 10.0 Å². The standard InChI is InChI=1S/C11H10ClF3N2O2S/c1-17(5-4-11(13,14)15)20(18,19)10-6-8(7-16)2-3-9(10)12/h2-3,6H,4-5H2,1H3. The van der Waals surface area contributed by atoms with E-state index in [4.69, 9.17) is 16.9 Å². The first-order chi connectivity index (χ1) is 9.08. The van der Waals surface area contributed by atoms with E-state index >= 15 is 0 Å². The van der Waals surface area contributed by atoms with E-state index in [0.717, 1.165) is 13.1 Å². The second-order valence-electron chi connectivity index (χ2n) is 3.95. The van der Waals surface area contributed by atoms with Gasteiger partial charge in [0.15, 0.2) is 0 Å². The Morgan fingerprint density at radius 3 is 2.50 bits per heavy atom. The van der Waals surface area contributed by atoms with Crippen molar-refractivity contribution >= 4 is 21.6 Å². The third-order valence-electron chi connectivity index (χ3n) is 2.46. The van der Waals surface area contributed by atoms with E-state index < -0.39 is 29.2 Å². The molecule has 1 aromatic carbocycles. The molecule has 1 aromatic rings. The monoisotopic (exact) mass is 326 g/mol. The van der Waals surface area contributed by atoms with Crippen LogP contribution in [0.1, 0.15) is 12.0 Å². The fraction of sp³-hybridized carbons (Fsp3) is 0.364. The Hall–Kier alpha value is -1.30. The minimum atomic E-state index is -4.46. The molecule has 9 heteroatoms. The van der Waals surface area contributed by atoms with Crippen molar-refractivity contribution in [2.24, 2.45) is 0 Å². The summed E-state index contributed by atoms with van der Waals surface area (Å²) in [6.07, 6.45) is -5.72. The van der Waals surface area contributed by atoms with Crippen molar-refractivity contribution < 1.29 is 21.6 Å². The van der Waals surface area contributed by atoms with E-state index in [1.165, 1.54) is 12.1 Å². The van der Waals surface area contributed by atoms with Crippen LogP contribution >= 0.6 is 11.6 Å². The van der Waals surface area contributed by atoms with E-state index in [1.807, 2.05) is 0 Å². The molecule has 0 heterocycles. The van der Waals surface area contributed by atoms with Crippen LogP contribution in [0.2, 0.25) is 5.02 Å². The van der Waals surface area contributed by atoms with Crippen LogP contribution < -0.4 is 0 Å². The highest BCUT2D eigenvalue weighted by atomic mass is 35.5. The van der Waals surface area contributed by atoms with Gasteiger partial charge in [0.05, 0.1) is 23.1 Å². The molecular formula is C11H10ClF3N2O2S. The summed E-state index contributed by atoms with van der Waals surface area (Å²) in [6, 6.07) is 5.30. The van der Waals surface area contributed by atoms with E-state index in [2.05, 4.69) is 0 Å². The van der Waals surface area contributed by atoms with E-state index in [0.29, 0.717) is 4.31 Å². The number of alkyl halides is 3. The van der Waals surface area contributed by atoms with Gasteiger partial charge >= 0.3 is 6.18 Å². The third kappa shape index (κ3) is 4.10. The second-order valence-corrected chi connectivity index (χ2v) is 6.37. The Labute approximate surface area is 119 Å². The van der Waals surface area contributed by atoms with Gasteiger partial charge in [0.1, 0.15) is 4.90 Å². The van der Waals surface area contributed by atoms with Gasteiger partial charge in [0.25, 0.3) is 0 Å². The van der Waals surface area contributed by atoms with Gasteiger partial charge in [-0.1, -0.05) is 11.6 Å². The maximum Gasteiger partial charge on any atom is 0.390 e. The zero-order chi connectivity index (χ0) is 15.6. The lowest BCUT2D eigenvalue weighted by Gasteiger charge is -2.18. The van der Waals surface area contributed by atoms with Gasteiger partial charge in [-0.15, -0.1) is 0 Å². The molecule has 0 radical (unpaired) electrons. The minimum Gasteiger partial charge on any atom is -0.207 e. The van der Waals surface area contributed by atoms with Gasteiger partial charge in [0.2, 0.25) is 10.0 Å². The average Bonchev–Trinajstić information content (AvgIpc) is 2.35. The molecule has 0 fully saturated rings. The summed E-state index contributed by atoms with van der Waals surface area (Å²) in [6.45, 7) is -0.723. The van der Waals surface area contributed by atoms with Gasteiger partial charge < -0.3 is 0 Å². The first kappa shape index (κ1) is 16.8. The molecule has 0 bridgehead atoms. The molecule has 0 aliphatic rings. The van der Waals surface area contributed by atoms with Crippen molar-refractivity contribution in [2.75, 3.05) is 13.6 Å². The van der Waals surface area contributed by atoms with Crippen molar-refractivity contribution in [1.29, 1.82) is 5.26 Å². The summed E-state index contributed by atoms with van der Waals surface area (Å²) in [5.74, 6) is 0. The largest absolute Gasteiger partial charge is 0.390 e. The molecule has 0 aliphatic heterocycles. The summed E-state index contributed by atoms with van der Waals surface area (Å²) < 4.78 is 61.1. The predicted molar refractivity (Wildman–Crippen MR) is 66.7 cm³/mol. The SMILES string of the molecule is CN(CCC(F)(F)F)S(=O)(=O)c1cc(C#N)ccc1Cl. The third-order valence-corrected chi connectivity index (χ3v) is 4.80. The van der Waals surface area contributed by atoms with Crippen LogP contribution in [0.5, 0.6) is 0 Å². The molecule has 0 N–H and O–H groups in total. The highest BCUT2D eigenvalue weighted by Crippen LogP contribution is 2.26. The number of halogens is 4. The summed E-state index contributed by atoms with van der Waals surface area (Å²) in [5.41, 5.74) is 0.0530. The van der Waals surface area contributed by atoms with Crippen LogP contribution in [0.25, 0.3) is 0 Å². The van der Waals surface area contributed by atoms with Crippen molar-refractivity contribution in [1.82, 2.24) is 4.31 Å². The molecule has 0 unspecified atom stereocenters. The van der Waals surface area contributed by atoms with Crippen molar-refractivity contribution in [3.05, 3.63) is 28.8 Å². The van der Waals surface area contributed by atoms with E-state index in [9.17, 15) is 21.6 Å². The minimum absolute atomic E-state index is 0.0530. The zero-order valence-corrected chi connectivity index (χ0v) is 11.8. The molecule has 0 amide bonds. The van der Waals surface area contributed by atoms with Crippen molar-refractivity contribution in [2.45, 2.75) is 17.5 Å². The predicted octanol–water partition coefficient (Wildman–Crippen LogP) is 2.78. The Kier molecular flexibility index (Phi) is 5.02. The molecule has 0 saturated carbocycles. The molecule has 4 nitrogen and oxygen atoms in total. The number of rotatable bonds is 4. The van der Waals surface area contributed by atoms with Crippen molar-refractivity contribution in [3.8, 4) is 6.07 Å². The molecule has 0 spiro atoms. The molecule has 0 atom stereocenters. The first-order valence-electron chi connectivity index (χ1n) is 5.30. The lowest BCUT2D eigenvalue weighted by atomic mass is 10.2. The number of hydrogen-bond donors (Lipinski definition) is 0. The molecule has 1 rings (SSSR count). The first-order valence-corrected chi connectivity index (χ1v) is 7.12.